The van der Waals surface area contributed by atoms with Crippen LogP contribution in [0.1, 0.15) is 20.7 Å². The Kier molecular flexibility index (Phi) is 6.91. The maximum atomic E-state index is 11.0. The van der Waals surface area contributed by atoms with Gasteiger partial charge in [0, 0.05) is 0 Å². The molecule has 0 aliphatic carbocycles. The molecule has 0 saturated carbocycles. The van der Waals surface area contributed by atoms with Crippen molar-refractivity contribution < 1.29 is 49.5 Å². The summed E-state index contributed by atoms with van der Waals surface area (Å²) in [6.45, 7) is 0. The molecule has 140 valence electrons. The van der Waals surface area contributed by atoms with Crippen LogP contribution < -0.4 is 10.2 Å². The summed E-state index contributed by atoms with van der Waals surface area (Å²) in [4.78, 5) is 21.3. The first kappa shape index (κ1) is 21.9. The maximum absolute atomic E-state index is 11.0. The van der Waals surface area contributed by atoms with E-state index in [2.05, 4.69) is 0 Å². The topological polar surface area (TPSA) is 121 Å². The fourth-order valence-electron chi connectivity index (χ4n) is 2.71. The molecule has 0 aliphatic rings. The van der Waals surface area contributed by atoms with Crippen molar-refractivity contribution in [2.24, 2.45) is 0 Å². The molecule has 0 aliphatic heterocycles. The van der Waals surface area contributed by atoms with Crippen LogP contribution in [0.2, 0.25) is 0 Å². The average molecular weight is 440 g/mol. The second kappa shape index (κ2) is 9.17. The summed E-state index contributed by atoms with van der Waals surface area (Å²) in [5.74, 6) is -2.06. The summed E-state index contributed by atoms with van der Waals surface area (Å²) in [6.07, 6.45) is 0. The number of rotatable bonds is 2. The molecular weight excluding hydrogens is 426 g/mol. The van der Waals surface area contributed by atoms with E-state index in [4.69, 9.17) is 10.2 Å². The van der Waals surface area contributed by atoms with Gasteiger partial charge >= 0.3 is 31.4 Å². The van der Waals surface area contributed by atoms with Crippen molar-refractivity contribution >= 4 is 33.5 Å². The molecule has 0 radical (unpaired) electrons. The fraction of sp³-hybridized carbons (Fsp3) is 0. The number of carboxylic acid groups (broad SMARTS) is 2. The van der Waals surface area contributed by atoms with Gasteiger partial charge in [0.25, 0.3) is 0 Å². The van der Waals surface area contributed by atoms with Gasteiger partial charge in [-0.15, -0.1) is 11.5 Å². The Balaban J connectivity index is 0.000000200. The van der Waals surface area contributed by atoms with Crippen LogP contribution in [0, 0.1) is 0 Å². The molecule has 7 heteroatoms. The first-order chi connectivity index (χ1) is 13.3. The van der Waals surface area contributed by atoms with Crippen molar-refractivity contribution in [3.63, 3.8) is 0 Å². The van der Waals surface area contributed by atoms with Gasteiger partial charge < -0.3 is 20.4 Å². The number of hydrogen-bond acceptors (Lipinski definition) is 4. The van der Waals surface area contributed by atoms with Gasteiger partial charge in [-0.2, -0.15) is 0 Å². The zero-order valence-electron chi connectivity index (χ0n) is 15.2. The summed E-state index contributed by atoms with van der Waals surface area (Å²) in [5.41, 5.74) is 0.465. The molecule has 0 amide bonds. The first-order valence-corrected chi connectivity index (χ1v) is 8.22. The van der Waals surface area contributed by atoms with Crippen molar-refractivity contribution in [1.82, 2.24) is 0 Å². The van der Waals surface area contributed by atoms with Gasteiger partial charge in [-0.1, -0.05) is 48.5 Å². The first-order valence-electron chi connectivity index (χ1n) is 8.22. The Morgan fingerprint density at radius 1 is 0.552 bits per heavy atom. The zero-order chi connectivity index (χ0) is 20.3. The minimum atomic E-state index is -0.960. The Hall–Kier alpha value is -3.44. The van der Waals surface area contributed by atoms with Gasteiger partial charge in [0.1, 0.15) is 0 Å². The molecule has 0 spiro atoms. The molecular formula is C22H14O6Zn. The van der Waals surface area contributed by atoms with Crippen LogP contribution in [-0.2, 0) is 19.5 Å². The number of benzene rings is 4. The molecule has 0 aromatic heterocycles. The number of aromatic carboxylic acids is 2. The molecule has 0 fully saturated rings. The second-order valence-electron chi connectivity index (χ2n) is 6.06. The fourth-order valence-corrected chi connectivity index (χ4v) is 2.71. The van der Waals surface area contributed by atoms with E-state index in [9.17, 15) is 19.8 Å². The predicted molar refractivity (Wildman–Crippen MR) is 101 cm³/mol. The van der Waals surface area contributed by atoms with E-state index in [-0.39, 0.29) is 42.1 Å². The molecule has 4 aromatic rings. The SMILES string of the molecule is O=C(O)c1ccc2cc([O-])ccc2c1.O=C(O)c1ccc2cc([O-])ccc2c1.[Zn+2]. The minimum Gasteiger partial charge on any atom is -0.872 e. The van der Waals surface area contributed by atoms with Crippen molar-refractivity contribution in [2.75, 3.05) is 0 Å². The smallest absolute Gasteiger partial charge is 0.872 e. The van der Waals surface area contributed by atoms with E-state index in [0.29, 0.717) is 0 Å². The van der Waals surface area contributed by atoms with Gasteiger partial charge in [0.2, 0.25) is 0 Å². The van der Waals surface area contributed by atoms with Crippen LogP contribution in [-0.4, -0.2) is 22.2 Å². The van der Waals surface area contributed by atoms with E-state index in [1.54, 1.807) is 36.4 Å². The Bertz CT molecular complexity index is 1110. The van der Waals surface area contributed by atoms with Gasteiger partial charge in [-0.3, -0.25) is 0 Å². The minimum absolute atomic E-state index is 0. The standard InChI is InChI=1S/2C11H8O3.Zn/c2*12-10-4-3-7-5-9(11(13)14)2-1-8(7)6-10;/h2*1-6,12H,(H,13,14);/q;;+2/p-2. The molecule has 6 nitrogen and oxygen atoms in total. The van der Waals surface area contributed by atoms with E-state index in [1.165, 1.54) is 36.4 Å². The third-order valence-corrected chi connectivity index (χ3v) is 4.12. The van der Waals surface area contributed by atoms with Crippen molar-refractivity contribution in [1.29, 1.82) is 0 Å². The second-order valence-corrected chi connectivity index (χ2v) is 6.06. The van der Waals surface area contributed by atoms with E-state index >= 15 is 0 Å². The van der Waals surface area contributed by atoms with Gasteiger partial charge in [0.15, 0.2) is 0 Å². The monoisotopic (exact) mass is 438 g/mol. The molecule has 0 bridgehead atoms. The average Bonchev–Trinajstić information content (AvgIpc) is 2.67. The third kappa shape index (κ3) is 5.30. The van der Waals surface area contributed by atoms with Crippen molar-refractivity contribution in [3.8, 4) is 11.5 Å². The Morgan fingerprint density at radius 2 is 0.862 bits per heavy atom. The van der Waals surface area contributed by atoms with E-state index in [1.807, 2.05) is 0 Å². The molecule has 4 rings (SSSR count). The van der Waals surface area contributed by atoms with Crippen molar-refractivity contribution in [2.45, 2.75) is 0 Å². The predicted octanol–water partition coefficient (Wildman–Crippen LogP) is 3.22. The zero-order valence-corrected chi connectivity index (χ0v) is 18.1. The molecule has 0 unspecified atom stereocenters. The van der Waals surface area contributed by atoms with Crippen LogP contribution in [0.5, 0.6) is 11.5 Å². The number of carboxylic acids is 2. The molecule has 0 heterocycles. The van der Waals surface area contributed by atoms with Crippen LogP contribution >= 0.6 is 0 Å². The van der Waals surface area contributed by atoms with E-state index < -0.39 is 11.9 Å². The van der Waals surface area contributed by atoms with E-state index in [0.717, 1.165) is 21.5 Å². The maximum Gasteiger partial charge on any atom is 2.00 e. The van der Waals surface area contributed by atoms with Gasteiger partial charge in [-0.25, -0.2) is 9.59 Å². The Morgan fingerprint density at radius 3 is 1.21 bits per heavy atom. The number of fused-ring (bicyclic) bond motifs is 2. The molecule has 2 N–H and O–H groups in total. The third-order valence-electron chi connectivity index (χ3n) is 4.12. The van der Waals surface area contributed by atoms with Crippen molar-refractivity contribution in [3.05, 3.63) is 83.9 Å². The van der Waals surface area contributed by atoms with Crippen LogP contribution in [0.4, 0.5) is 0 Å². The molecule has 0 saturated heterocycles. The van der Waals surface area contributed by atoms with Gasteiger partial charge in [0.05, 0.1) is 11.1 Å². The molecule has 29 heavy (non-hydrogen) atoms. The number of hydrogen-bond donors (Lipinski definition) is 2. The Labute approximate surface area is 178 Å². The van der Waals surface area contributed by atoms with Crippen LogP contribution in [0.15, 0.2) is 72.8 Å². The summed E-state index contributed by atoms with van der Waals surface area (Å²) in [5, 5.41) is 42.5. The quantitative estimate of drug-likeness (QED) is 0.463. The summed E-state index contributed by atoms with van der Waals surface area (Å²) in [7, 11) is 0. The normalized spacial score (nSPS) is 9.93. The van der Waals surface area contributed by atoms with Gasteiger partial charge in [-0.05, 0) is 45.8 Å². The largest absolute Gasteiger partial charge is 2.00 e. The van der Waals surface area contributed by atoms with Crippen LogP contribution in [0.3, 0.4) is 0 Å². The molecule has 4 aromatic carbocycles. The summed E-state index contributed by atoms with van der Waals surface area (Å²) < 4.78 is 0. The number of carbonyl (C=O) groups is 2. The van der Waals surface area contributed by atoms with Crippen LogP contribution in [0.25, 0.3) is 21.5 Å². The summed E-state index contributed by atoms with van der Waals surface area (Å²) in [6, 6.07) is 18.4. The molecule has 0 atom stereocenters. The summed E-state index contributed by atoms with van der Waals surface area (Å²) >= 11 is 0.